The van der Waals surface area contributed by atoms with E-state index in [4.69, 9.17) is 18.9 Å². The zero-order valence-corrected chi connectivity index (χ0v) is 21.6. The Balaban J connectivity index is 1.68. The zero-order valence-electron chi connectivity index (χ0n) is 21.6. The molecular weight excluding hydrogens is 468 g/mol. The highest BCUT2D eigenvalue weighted by Crippen LogP contribution is 2.67. The van der Waals surface area contributed by atoms with Crippen LogP contribution in [-0.4, -0.2) is 55.1 Å². The smallest absolute Gasteiger partial charge is 0.435 e. The van der Waals surface area contributed by atoms with Crippen LogP contribution in [0.2, 0.25) is 0 Å². The fourth-order valence-electron chi connectivity index (χ4n) is 7.74. The van der Waals surface area contributed by atoms with Crippen LogP contribution < -0.4 is 0 Å². The number of hydrogen-bond acceptors (Lipinski definition) is 9. The molecule has 4 aliphatic carbocycles. The number of ketones is 3. The van der Waals surface area contributed by atoms with Gasteiger partial charge in [0, 0.05) is 24.2 Å². The molecule has 0 spiro atoms. The van der Waals surface area contributed by atoms with Gasteiger partial charge in [0.15, 0.2) is 18.0 Å². The molecule has 198 valence electrons. The van der Waals surface area contributed by atoms with Crippen molar-refractivity contribution in [2.75, 3.05) is 19.8 Å². The third-order valence-electron chi connectivity index (χ3n) is 9.33. The van der Waals surface area contributed by atoms with Crippen molar-refractivity contribution in [2.24, 2.45) is 28.6 Å². The van der Waals surface area contributed by atoms with Gasteiger partial charge in [-0.25, -0.2) is 9.59 Å². The molecule has 9 nitrogen and oxygen atoms in total. The van der Waals surface area contributed by atoms with Gasteiger partial charge in [0.05, 0.1) is 13.2 Å². The summed E-state index contributed by atoms with van der Waals surface area (Å²) in [6, 6.07) is 0. The molecule has 4 rings (SSSR count). The lowest BCUT2D eigenvalue weighted by Gasteiger charge is -2.57. The summed E-state index contributed by atoms with van der Waals surface area (Å²) in [7, 11) is 0. The van der Waals surface area contributed by atoms with Crippen LogP contribution in [-0.2, 0) is 33.3 Å². The topological polar surface area (TPSA) is 122 Å². The van der Waals surface area contributed by atoms with Gasteiger partial charge in [-0.2, -0.15) is 0 Å². The molecule has 9 heteroatoms. The number of rotatable bonds is 6. The predicted octanol–water partition coefficient (Wildman–Crippen LogP) is 4.35. The van der Waals surface area contributed by atoms with Crippen LogP contribution in [0.1, 0.15) is 72.6 Å². The van der Waals surface area contributed by atoms with Crippen molar-refractivity contribution in [3.8, 4) is 0 Å². The fourth-order valence-corrected chi connectivity index (χ4v) is 7.74. The molecule has 0 heterocycles. The largest absolute Gasteiger partial charge is 0.509 e. The van der Waals surface area contributed by atoms with Crippen LogP contribution in [0, 0.1) is 28.6 Å². The minimum atomic E-state index is -1.66. The summed E-state index contributed by atoms with van der Waals surface area (Å²) < 4.78 is 20.6. The van der Waals surface area contributed by atoms with Crippen LogP contribution in [0.25, 0.3) is 0 Å². The Labute approximate surface area is 211 Å². The fraction of sp³-hybridized carbons (Fsp3) is 0.741. The van der Waals surface area contributed by atoms with Crippen molar-refractivity contribution in [1.82, 2.24) is 0 Å². The van der Waals surface area contributed by atoms with E-state index in [0.717, 1.165) is 18.4 Å². The SMILES string of the molecule is CCOC(=O)OCC(=O)[C@@]1(OC(=O)OCC)CC[C@H]2[C@@H]3CCC4=CC(=O)CC[C@]4(C)[C@H]3C(=O)C[C@@]21C. The van der Waals surface area contributed by atoms with Crippen molar-refractivity contribution in [2.45, 2.75) is 78.2 Å². The summed E-state index contributed by atoms with van der Waals surface area (Å²) >= 11 is 0. The summed E-state index contributed by atoms with van der Waals surface area (Å²) in [5.41, 5.74) is -1.95. The van der Waals surface area contributed by atoms with Crippen molar-refractivity contribution < 1.29 is 42.9 Å². The van der Waals surface area contributed by atoms with E-state index in [-0.39, 0.29) is 60.8 Å². The number of carbonyl (C=O) groups excluding carboxylic acids is 5. The van der Waals surface area contributed by atoms with Gasteiger partial charge in [0.25, 0.3) is 0 Å². The molecule has 3 saturated carbocycles. The molecule has 0 aromatic rings. The molecule has 0 amide bonds. The van der Waals surface area contributed by atoms with E-state index in [0.29, 0.717) is 19.3 Å². The Hall–Kier alpha value is -2.71. The number of carbonyl (C=O) groups is 5. The summed E-state index contributed by atoms with van der Waals surface area (Å²) in [5, 5.41) is 0. The Bertz CT molecular complexity index is 999. The maximum atomic E-state index is 13.9. The molecule has 0 bridgehead atoms. The normalized spacial score (nSPS) is 37.1. The maximum Gasteiger partial charge on any atom is 0.509 e. The van der Waals surface area contributed by atoms with E-state index in [1.807, 2.05) is 6.92 Å². The van der Waals surface area contributed by atoms with Crippen LogP contribution in [0.5, 0.6) is 0 Å². The molecule has 0 aromatic heterocycles. The Kier molecular flexibility index (Phi) is 7.05. The number of hydrogen-bond donors (Lipinski definition) is 0. The third kappa shape index (κ3) is 4.04. The van der Waals surface area contributed by atoms with Gasteiger partial charge in [-0.1, -0.05) is 19.4 Å². The molecule has 0 N–H and O–H groups in total. The van der Waals surface area contributed by atoms with Gasteiger partial charge < -0.3 is 18.9 Å². The Morgan fingerprint density at radius 3 is 2.33 bits per heavy atom. The van der Waals surface area contributed by atoms with Gasteiger partial charge in [0.2, 0.25) is 5.78 Å². The molecule has 0 unspecified atom stereocenters. The van der Waals surface area contributed by atoms with Crippen LogP contribution >= 0.6 is 0 Å². The highest BCUT2D eigenvalue weighted by molar-refractivity contribution is 5.95. The van der Waals surface area contributed by atoms with E-state index in [2.05, 4.69) is 6.92 Å². The highest BCUT2D eigenvalue weighted by atomic mass is 16.7. The lowest BCUT2D eigenvalue weighted by atomic mass is 9.46. The predicted molar refractivity (Wildman–Crippen MR) is 126 cm³/mol. The number of fused-ring (bicyclic) bond motifs is 5. The Morgan fingerprint density at radius 2 is 1.64 bits per heavy atom. The van der Waals surface area contributed by atoms with E-state index >= 15 is 0 Å². The van der Waals surface area contributed by atoms with Crippen molar-refractivity contribution >= 4 is 29.7 Å². The van der Waals surface area contributed by atoms with Crippen LogP contribution in [0.15, 0.2) is 11.6 Å². The molecule has 0 radical (unpaired) electrons. The van der Waals surface area contributed by atoms with E-state index < -0.39 is 35.7 Å². The molecule has 0 saturated heterocycles. The summed E-state index contributed by atoms with van der Waals surface area (Å²) in [6.45, 7) is 6.73. The number of ether oxygens (including phenoxy) is 4. The lowest BCUT2D eigenvalue weighted by Crippen LogP contribution is -2.62. The van der Waals surface area contributed by atoms with E-state index in [1.165, 1.54) is 0 Å². The summed E-state index contributed by atoms with van der Waals surface area (Å²) in [5.74, 6) is -0.739. The first-order valence-electron chi connectivity index (χ1n) is 13.0. The van der Waals surface area contributed by atoms with Crippen molar-refractivity contribution in [3.05, 3.63) is 11.6 Å². The first kappa shape index (κ1) is 26.4. The molecule has 36 heavy (non-hydrogen) atoms. The summed E-state index contributed by atoms with van der Waals surface area (Å²) in [4.78, 5) is 64.0. The minimum absolute atomic E-state index is 0.00181. The zero-order chi connectivity index (χ0) is 26.3. The number of allylic oxidation sites excluding steroid dienone is 1. The van der Waals surface area contributed by atoms with Crippen LogP contribution in [0.3, 0.4) is 0 Å². The number of Topliss-reactive ketones (excluding diaryl/α,β-unsaturated/α-hetero) is 2. The molecule has 4 aliphatic rings. The second-order valence-corrected chi connectivity index (χ2v) is 10.9. The van der Waals surface area contributed by atoms with Gasteiger partial charge in [-0.3, -0.25) is 14.4 Å². The average Bonchev–Trinajstić information content (AvgIpc) is 3.10. The first-order valence-corrected chi connectivity index (χ1v) is 13.0. The van der Waals surface area contributed by atoms with E-state index in [1.54, 1.807) is 19.9 Å². The minimum Gasteiger partial charge on any atom is -0.435 e. The van der Waals surface area contributed by atoms with Gasteiger partial charge in [-0.15, -0.1) is 0 Å². The second kappa shape index (κ2) is 9.63. The molecule has 3 fully saturated rings. The van der Waals surface area contributed by atoms with Crippen LogP contribution in [0.4, 0.5) is 9.59 Å². The van der Waals surface area contributed by atoms with Gasteiger partial charge in [-0.05, 0) is 69.3 Å². The molecule has 0 aromatic carbocycles. The quantitative estimate of drug-likeness (QED) is 0.486. The van der Waals surface area contributed by atoms with Gasteiger partial charge in [0.1, 0.15) is 5.78 Å². The van der Waals surface area contributed by atoms with Gasteiger partial charge >= 0.3 is 12.3 Å². The molecule has 6 atom stereocenters. The maximum absolute atomic E-state index is 13.9. The van der Waals surface area contributed by atoms with Crippen molar-refractivity contribution in [3.63, 3.8) is 0 Å². The Morgan fingerprint density at radius 1 is 0.944 bits per heavy atom. The van der Waals surface area contributed by atoms with E-state index in [9.17, 15) is 24.0 Å². The molecule has 0 aliphatic heterocycles. The lowest BCUT2D eigenvalue weighted by molar-refractivity contribution is -0.175. The standard InChI is InChI=1S/C27H36O9/c1-5-33-23(31)35-15-21(30)27(36-24(32)34-6-2)12-10-19-18-8-7-16-13-17(28)9-11-25(16,3)22(18)20(29)14-26(19,27)4/h13,18-19,22H,5-12,14-15H2,1-4H3/t18-,19-,22+,25-,26-,27-/m0/s1. The van der Waals surface area contributed by atoms with Crippen molar-refractivity contribution in [1.29, 1.82) is 0 Å². The highest BCUT2D eigenvalue weighted by Gasteiger charge is 2.71. The average molecular weight is 505 g/mol. The summed E-state index contributed by atoms with van der Waals surface area (Å²) in [6.07, 6.45) is 3.16. The monoisotopic (exact) mass is 504 g/mol. The third-order valence-corrected chi connectivity index (χ3v) is 9.33. The second-order valence-electron chi connectivity index (χ2n) is 10.9. The first-order chi connectivity index (χ1) is 17.0. The molecular formula is C27H36O9.